The van der Waals surface area contributed by atoms with Gasteiger partial charge in [0.2, 0.25) is 0 Å². The van der Waals surface area contributed by atoms with Crippen molar-refractivity contribution in [2.24, 2.45) is 17.6 Å². The molecular formula is C18H29N. The molecular weight excluding hydrogens is 230 g/mol. The van der Waals surface area contributed by atoms with E-state index in [1.165, 1.54) is 30.4 Å². The van der Waals surface area contributed by atoms with Gasteiger partial charge in [-0.05, 0) is 41.2 Å². The molecule has 1 aliphatic carbocycles. The van der Waals surface area contributed by atoms with E-state index in [0.29, 0.717) is 5.92 Å². The Bertz CT molecular complexity index is 404. The van der Waals surface area contributed by atoms with E-state index in [0.717, 1.165) is 12.3 Å². The van der Waals surface area contributed by atoms with Crippen molar-refractivity contribution < 1.29 is 0 Å². The molecule has 0 bridgehead atoms. The molecule has 1 heteroatoms. The van der Waals surface area contributed by atoms with Crippen LogP contribution < -0.4 is 5.73 Å². The maximum atomic E-state index is 6.48. The van der Waals surface area contributed by atoms with Crippen molar-refractivity contribution in [1.82, 2.24) is 0 Å². The topological polar surface area (TPSA) is 26.0 Å². The highest BCUT2D eigenvalue weighted by atomic mass is 14.7. The van der Waals surface area contributed by atoms with Crippen LogP contribution in [0.15, 0.2) is 24.3 Å². The van der Waals surface area contributed by atoms with Gasteiger partial charge >= 0.3 is 0 Å². The zero-order valence-electron chi connectivity index (χ0n) is 12.9. The third kappa shape index (κ3) is 3.02. The SMILES string of the molecule is CCC(C)(C)c1ccc(C(N)C2CCCC2C)cc1. The monoisotopic (exact) mass is 259 g/mol. The molecule has 1 saturated carbocycles. The normalized spacial score (nSPS) is 25.5. The van der Waals surface area contributed by atoms with Crippen LogP contribution in [0.25, 0.3) is 0 Å². The minimum Gasteiger partial charge on any atom is -0.324 e. The second-order valence-corrected chi connectivity index (χ2v) is 6.96. The first-order valence-electron chi connectivity index (χ1n) is 7.81. The van der Waals surface area contributed by atoms with Gasteiger partial charge < -0.3 is 5.73 Å². The van der Waals surface area contributed by atoms with Gasteiger partial charge in [-0.1, -0.05) is 64.8 Å². The van der Waals surface area contributed by atoms with Gasteiger partial charge in [0.1, 0.15) is 0 Å². The van der Waals surface area contributed by atoms with E-state index in [-0.39, 0.29) is 11.5 Å². The molecule has 1 fully saturated rings. The van der Waals surface area contributed by atoms with E-state index >= 15 is 0 Å². The van der Waals surface area contributed by atoms with Gasteiger partial charge in [-0.2, -0.15) is 0 Å². The first kappa shape index (κ1) is 14.6. The molecule has 19 heavy (non-hydrogen) atoms. The van der Waals surface area contributed by atoms with Crippen molar-refractivity contribution >= 4 is 0 Å². The van der Waals surface area contributed by atoms with Crippen molar-refractivity contribution in [3.8, 4) is 0 Å². The van der Waals surface area contributed by atoms with Crippen LogP contribution in [0, 0.1) is 11.8 Å². The molecule has 2 rings (SSSR count). The quantitative estimate of drug-likeness (QED) is 0.825. The standard InChI is InChI=1S/C18H29N/c1-5-18(3,4)15-11-9-14(10-12-15)17(19)16-8-6-7-13(16)2/h9-13,16-17H,5-8,19H2,1-4H3. The molecule has 1 aliphatic rings. The van der Waals surface area contributed by atoms with Crippen molar-refractivity contribution in [2.45, 2.75) is 64.8 Å². The Morgan fingerprint density at radius 1 is 1.21 bits per heavy atom. The molecule has 0 spiro atoms. The van der Waals surface area contributed by atoms with Gasteiger partial charge in [-0.15, -0.1) is 0 Å². The van der Waals surface area contributed by atoms with E-state index in [1.807, 2.05) is 0 Å². The average Bonchev–Trinajstić information content (AvgIpc) is 2.84. The molecule has 1 aromatic rings. The Morgan fingerprint density at radius 2 is 1.84 bits per heavy atom. The maximum Gasteiger partial charge on any atom is 0.0326 e. The highest BCUT2D eigenvalue weighted by molar-refractivity contribution is 5.30. The highest BCUT2D eigenvalue weighted by Gasteiger charge is 2.29. The fourth-order valence-corrected chi connectivity index (χ4v) is 3.32. The van der Waals surface area contributed by atoms with Gasteiger partial charge in [-0.25, -0.2) is 0 Å². The Balaban J connectivity index is 2.14. The number of hydrogen-bond donors (Lipinski definition) is 1. The van der Waals surface area contributed by atoms with Crippen LogP contribution in [0.1, 0.15) is 70.5 Å². The number of rotatable bonds is 4. The number of hydrogen-bond acceptors (Lipinski definition) is 1. The molecule has 0 aromatic heterocycles. The second-order valence-electron chi connectivity index (χ2n) is 6.96. The minimum absolute atomic E-state index is 0.219. The number of benzene rings is 1. The fourth-order valence-electron chi connectivity index (χ4n) is 3.32. The highest BCUT2D eigenvalue weighted by Crippen LogP contribution is 2.39. The molecule has 106 valence electrons. The van der Waals surface area contributed by atoms with E-state index in [1.54, 1.807) is 0 Å². The molecule has 3 unspecified atom stereocenters. The number of nitrogens with two attached hydrogens (primary N) is 1. The molecule has 1 aromatic carbocycles. The zero-order valence-corrected chi connectivity index (χ0v) is 12.9. The van der Waals surface area contributed by atoms with Crippen molar-refractivity contribution in [1.29, 1.82) is 0 Å². The van der Waals surface area contributed by atoms with E-state index in [2.05, 4.69) is 52.0 Å². The Labute approximate surface area is 118 Å². The van der Waals surface area contributed by atoms with Gasteiger partial charge in [-0.3, -0.25) is 0 Å². The third-order valence-electron chi connectivity index (χ3n) is 5.35. The van der Waals surface area contributed by atoms with Gasteiger partial charge in [0, 0.05) is 6.04 Å². The summed E-state index contributed by atoms with van der Waals surface area (Å²) >= 11 is 0. The van der Waals surface area contributed by atoms with Crippen LogP contribution in [-0.2, 0) is 5.41 Å². The first-order chi connectivity index (χ1) is 8.95. The average molecular weight is 259 g/mol. The summed E-state index contributed by atoms with van der Waals surface area (Å²) in [5.74, 6) is 1.45. The lowest BCUT2D eigenvalue weighted by atomic mass is 9.80. The lowest BCUT2D eigenvalue weighted by Gasteiger charge is -2.26. The summed E-state index contributed by atoms with van der Waals surface area (Å²) in [6, 6.07) is 9.28. The lowest BCUT2D eigenvalue weighted by molar-refractivity contribution is 0.351. The summed E-state index contributed by atoms with van der Waals surface area (Å²) in [4.78, 5) is 0. The largest absolute Gasteiger partial charge is 0.324 e. The van der Waals surface area contributed by atoms with Gasteiger partial charge in [0.15, 0.2) is 0 Å². The maximum absolute atomic E-state index is 6.48. The third-order valence-corrected chi connectivity index (χ3v) is 5.35. The summed E-state index contributed by atoms with van der Waals surface area (Å²) < 4.78 is 0. The van der Waals surface area contributed by atoms with Crippen LogP contribution in [0.4, 0.5) is 0 Å². The van der Waals surface area contributed by atoms with E-state index < -0.39 is 0 Å². The molecule has 0 saturated heterocycles. The Morgan fingerprint density at radius 3 is 2.32 bits per heavy atom. The van der Waals surface area contributed by atoms with Crippen LogP contribution in [-0.4, -0.2) is 0 Å². The van der Waals surface area contributed by atoms with E-state index in [9.17, 15) is 0 Å². The van der Waals surface area contributed by atoms with Crippen LogP contribution >= 0.6 is 0 Å². The molecule has 3 atom stereocenters. The molecule has 0 amide bonds. The molecule has 1 nitrogen and oxygen atoms in total. The predicted octanol–water partition coefficient (Wildman–Crippen LogP) is 4.81. The summed E-state index contributed by atoms with van der Waals surface area (Å²) in [7, 11) is 0. The molecule has 0 heterocycles. The predicted molar refractivity (Wildman–Crippen MR) is 83.2 cm³/mol. The zero-order chi connectivity index (χ0) is 14.0. The summed E-state index contributed by atoms with van der Waals surface area (Å²) in [5.41, 5.74) is 9.49. The Kier molecular flexibility index (Phi) is 4.35. The molecule has 0 radical (unpaired) electrons. The van der Waals surface area contributed by atoms with Crippen molar-refractivity contribution in [3.05, 3.63) is 35.4 Å². The minimum atomic E-state index is 0.219. The Hall–Kier alpha value is -0.820. The second kappa shape index (κ2) is 5.66. The summed E-state index contributed by atoms with van der Waals surface area (Å²) in [5, 5.41) is 0. The molecule has 2 N–H and O–H groups in total. The van der Waals surface area contributed by atoms with Gasteiger partial charge in [0.25, 0.3) is 0 Å². The summed E-state index contributed by atoms with van der Waals surface area (Å²) in [6.45, 7) is 9.22. The molecule has 0 aliphatic heterocycles. The van der Waals surface area contributed by atoms with Crippen LogP contribution in [0.3, 0.4) is 0 Å². The van der Waals surface area contributed by atoms with Crippen LogP contribution in [0.2, 0.25) is 0 Å². The smallest absolute Gasteiger partial charge is 0.0326 e. The summed E-state index contributed by atoms with van der Waals surface area (Å²) in [6.07, 6.45) is 5.16. The van der Waals surface area contributed by atoms with Crippen molar-refractivity contribution in [3.63, 3.8) is 0 Å². The fraction of sp³-hybridized carbons (Fsp3) is 0.667. The van der Waals surface area contributed by atoms with Crippen LogP contribution in [0.5, 0.6) is 0 Å². The first-order valence-corrected chi connectivity index (χ1v) is 7.81. The van der Waals surface area contributed by atoms with Crippen molar-refractivity contribution in [2.75, 3.05) is 0 Å². The van der Waals surface area contributed by atoms with E-state index in [4.69, 9.17) is 5.73 Å². The lowest BCUT2D eigenvalue weighted by Crippen LogP contribution is -2.23. The van der Waals surface area contributed by atoms with Gasteiger partial charge in [0.05, 0.1) is 0 Å².